The topological polar surface area (TPSA) is 82.0 Å². The highest BCUT2D eigenvalue weighted by Gasteiger charge is 2.14. The van der Waals surface area contributed by atoms with Gasteiger partial charge in [0.05, 0.1) is 24.0 Å². The summed E-state index contributed by atoms with van der Waals surface area (Å²) in [5, 5.41) is 9.94. The van der Waals surface area contributed by atoms with Gasteiger partial charge in [-0.05, 0) is 36.4 Å². The fraction of sp³-hybridized carbons (Fsp3) is 0.130. The molecule has 0 aliphatic carbocycles. The molecule has 0 saturated carbocycles. The number of pyridine rings is 2. The summed E-state index contributed by atoms with van der Waals surface area (Å²) in [5.41, 5.74) is 3.41. The van der Waals surface area contributed by atoms with E-state index in [2.05, 4.69) is 9.97 Å². The van der Waals surface area contributed by atoms with Crippen LogP contribution < -0.4 is 9.47 Å². The zero-order valence-corrected chi connectivity index (χ0v) is 16.1. The van der Waals surface area contributed by atoms with Gasteiger partial charge < -0.3 is 19.0 Å². The van der Waals surface area contributed by atoms with Gasteiger partial charge >= 0.3 is 0 Å². The zero-order chi connectivity index (χ0) is 20.3. The van der Waals surface area contributed by atoms with E-state index in [0.29, 0.717) is 36.0 Å². The van der Waals surface area contributed by atoms with Crippen LogP contribution in [-0.2, 0) is 0 Å². The van der Waals surface area contributed by atoms with Crippen LogP contribution in [0.2, 0.25) is 0 Å². The third-order valence-corrected chi connectivity index (χ3v) is 4.78. The van der Waals surface area contributed by atoms with E-state index in [1.807, 2.05) is 53.1 Å². The van der Waals surface area contributed by atoms with Gasteiger partial charge in [0.25, 0.3) is 0 Å². The molecule has 0 bridgehead atoms. The van der Waals surface area contributed by atoms with Gasteiger partial charge in [0.2, 0.25) is 5.88 Å². The molecule has 1 N–H and O–H groups in total. The number of imidazole rings is 1. The number of hydrogen-bond donors (Lipinski definition) is 1. The predicted octanol–water partition coefficient (Wildman–Crippen LogP) is 4.70. The van der Waals surface area contributed by atoms with Crippen LogP contribution in [0.1, 0.15) is 6.42 Å². The molecule has 150 valence electrons. The Kier molecular flexibility index (Phi) is 4.78. The van der Waals surface area contributed by atoms with Crippen LogP contribution in [0.3, 0.4) is 0 Å². The summed E-state index contributed by atoms with van der Waals surface area (Å²) < 4.78 is 19.5. The average molecular weight is 401 g/mol. The first-order valence-corrected chi connectivity index (χ1v) is 9.64. The van der Waals surface area contributed by atoms with Crippen LogP contribution in [0.5, 0.6) is 17.4 Å². The molecule has 0 aliphatic rings. The summed E-state index contributed by atoms with van der Waals surface area (Å²) in [6.45, 7) is 0.456. The minimum absolute atomic E-state index is 0.0645. The first-order chi connectivity index (χ1) is 14.8. The Morgan fingerprint density at radius 2 is 2.00 bits per heavy atom. The number of aliphatic hydroxyl groups excluding tert-OH is 1. The van der Waals surface area contributed by atoms with E-state index >= 15 is 0 Å². The molecule has 0 spiro atoms. The van der Waals surface area contributed by atoms with Crippen molar-refractivity contribution in [2.45, 2.75) is 6.42 Å². The molecule has 5 rings (SSSR count). The summed E-state index contributed by atoms with van der Waals surface area (Å²) in [5.74, 6) is 1.71. The second kappa shape index (κ2) is 7.88. The number of aliphatic hydroxyl groups is 1. The van der Waals surface area contributed by atoms with Crippen molar-refractivity contribution in [2.75, 3.05) is 13.2 Å². The maximum atomic E-state index is 9.14. The third kappa shape index (κ3) is 3.35. The lowest BCUT2D eigenvalue weighted by atomic mass is 10.1. The van der Waals surface area contributed by atoms with Gasteiger partial charge in [-0.15, -0.1) is 0 Å². The van der Waals surface area contributed by atoms with E-state index in [1.165, 1.54) is 0 Å². The van der Waals surface area contributed by atoms with Crippen LogP contribution in [-0.4, -0.2) is 32.7 Å². The Labute approximate surface area is 172 Å². The van der Waals surface area contributed by atoms with Gasteiger partial charge in [-0.25, -0.2) is 9.97 Å². The molecule has 1 aromatic carbocycles. The van der Waals surface area contributed by atoms with Crippen molar-refractivity contribution in [3.05, 3.63) is 73.4 Å². The van der Waals surface area contributed by atoms with Gasteiger partial charge in [0.15, 0.2) is 0 Å². The molecule has 0 unspecified atom stereocenters. The van der Waals surface area contributed by atoms with E-state index < -0.39 is 0 Å². The van der Waals surface area contributed by atoms with E-state index in [1.54, 1.807) is 24.7 Å². The molecule has 0 aliphatic heterocycles. The number of fused-ring (bicyclic) bond motifs is 2. The van der Waals surface area contributed by atoms with Gasteiger partial charge in [-0.1, -0.05) is 6.07 Å². The number of furan rings is 1. The fourth-order valence-corrected chi connectivity index (χ4v) is 3.37. The Balaban J connectivity index is 1.55. The smallest absolute Gasteiger partial charge is 0.230 e. The van der Waals surface area contributed by atoms with Crippen LogP contribution in [0.25, 0.3) is 27.9 Å². The van der Waals surface area contributed by atoms with Crippen LogP contribution in [0.4, 0.5) is 0 Å². The maximum absolute atomic E-state index is 9.14. The number of nitrogens with zero attached hydrogens (tertiary/aromatic N) is 3. The molecule has 0 fully saturated rings. The van der Waals surface area contributed by atoms with Crippen LogP contribution in [0.15, 0.2) is 77.8 Å². The van der Waals surface area contributed by atoms with Crippen molar-refractivity contribution in [1.82, 2.24) is 14.4 Å². The molecule has 0 amide bonds. The second-order valence-electron chi connectivity index (χ2n) is 6.70. The average Bonchev–Trinajstić information content (AvgIpc) is 3.44. The molecule has 7 nitrogen and oxygen atoms in total. The zero-order valence-electron chi connectivity index (χ0n) is 16.1. The number of hydrogen-bond acceptors (Lipinski definition) is 6. The minimum atomic E-state index is 0.0645. The Morgan fingerprint density at radius 1 is 1.03 bits per heavy atom. The molecule has 7 heteroatoms. The van der Waals surface area contributed by atoms with E-state index in [-0.39, 0.29) is 6.61 Å². The van der Waals surface area contributed by atoms with Gasteiger partial charge in [0.1, 0.15) is 22.7 Å². The number of aromatic nitrogens is 3. The monoisotopic (exact) mass is 401 g/mol. The lowest BCUT2D eigenvalue weighted by Gasteiger charge is -2.15. The number of benzene rings is 1. The first kappa shape index (κ1) is 18.2. The predicted molar refractivity (Wildman–Crippen MR) is 112 cm³/mol. The molecule has 5 aromatic rings. The van der Waals surface area contributed by atoms with Gasteiger partial charge in [0, 0.05) is 43.2 Å². The maximum Gasteiger partial charge on any atom is 0.230 e. The lowest BCUT2D eigenvalue weighted by Crippen LogP contribution is -2.02. The molecule has 4 heterocycles. The van der Waals surface area contributed by atoms with Crippen LogP contribution in [0, 0.1) is 0 Å². The van der Waals surface area contributed by atoms with Crippen molar-refractivity contribution in [3.8, 4) is 28.6 Å². The molecule has 0 atom stereocenters. The Hall–Kier alpha value is -3.84. The highest BCUT2D eigenvalue weighted by atomic mass is 16.5. The first-order valence-electron chi connectivity index (χ1n) is 9.64. The van der Waals surface area contributed by atoms with Gasteiger partial charge in [-0.2, -0.15) is 0 Å². The second-order valence-corrected chi connectivity index (χ2v) is 6.70. The standard InChI is InChI=1S/C23H19N3O4/c27-12-2-13-28-21-15-16(30-23-18-8-14-29-20(18)7-9-25-23)5-6-17(21)19-3-1-4-22-24-10-11-26(19)22/h1,3-11,14-15,27H,2,12-13H2. The summed E-state index contributed by atoms with van der Waals surface area (Å²) in [6, 6.07) is 15.2. The van der Waals surface area contributed by atoms with Gasteiger partial charge in [-0.3, -0.25) is 4.40 Å². The minimum Gasteiger partial charge on any atom is -0.493 e. The lowest BCUT2D eigenvalue weighted by molar-refractivity contribution is 0.233. The molecule has 4 aromatic heterocycles. The SMILES string of the molecule is OCCCOc1cc(Oc2nccc3occc23)ccc1-c1cccc2nccn12. The van der Waals surface area contributed by atoms with Crippen LogP contribution >= 0.6 is 0 Å². The number of rotatable bonds is 7. The van der Waals surface area contributed by atoms with E-state index in [0.717, 1.165) is 22.3 Å². The molecule has 0 saturated heterocycles. The van der Waals surface area contributed by atoms with Crippen molar-refractivity contribution in [2.24, 2.45) is 0 Å². The Bertz CT molecular complexity index is 1310. The third-order valence-electron chi connectivity index (χ3n) is 4.78. The summed E-state index contributed by atoms with van der Waals surface area (Å²) in [4.78, 5) is 8.68. The van der Waals surface area contributed by atoms with Crippen molar-refractivity contribution < 1.29 is 19.0 Å². The van der Waals surface area contributed by atoms with E-state index in [9.17, 15) is 0 Å². The highest BCUT2D eigenvalue weighted by Crippen LogP contribution is 2.36. The molecular weight excluding hydrogens is 382 g/mol. The summed E-state index contributed by atoms with van der Waals surface area (Å²) in [7, 11) is 0. The Morgan fingerprint density at radius 3 is 2.93 bits per heavy atom. The molecular formula is C23H19N3O4. The highest BCUT2D eigenvalue weighted by molar-refractivity contribution is 5.82. The van der Waals surface area contributed by atoms with Crippen molar-refractivity contribution in [1.29, 1.82) is 0 Å². The summed E-state index contributed by atoms with van der Waals surface area (Å²) in [6.07, 6.45) is 7.47. The fourth-order valence-electron chi connectivity index (χ4n) is 3.37. The number of ether oxygens (including phenoxy) is 2. The summed E-state index contributed by atoms with van der Waals surface area (Å²) >= 11 is 0. The van der Waals surface area contributed by atoms with Crippen molar-refractivity contribution in [3.63, 3.8) is 0 Å². The largest absolute Gasteiger partial charge is 0.493 e. The normalized spacial score (nSPS) is 11.2. The molecule has 0 radical (unpaired) electrons. The quantitative estimate of drug-likeness (QED) is 0.398. The molecule has 30 heavy (non-hydrogen) atoms. The van der Waals surface area contributed by atoms with E-state index in [4.69, 9.17) is 19.0 Å². The van der Waals surface area contributed by atoms with Crippen molar-refractivity contribution >= 4 is 16.6 Å².